The van der Waals surface area contributed by atoms with Gasteiger partial charge in [0.15, 0.2) is 15.7 Å². The summed E-state index contributed by atoms with van der Waals surface area (Å²) in [5.41, 5.74) is 6.77. The van der Waals surface area contributed by atoms with Crippen LogP contribution in [0.25, 0.3) is 0 Å². The van der Waals surface area contributed by atoms with Gasteiger partial charge in [-0.1, -0.05) is 5.16 Å². The van der Waals surface area contributed by atoms with E-state index in [4.69, 9.17) is 10.9 Å². The summed E-state index contributed by atoms with van der Waals surface area (Å²) in [6.07, 6.45) is 2.84. The number of nitrogens with two attached hydrogens (primary N) is 1. The van der Waals surface area contributed by atoms with Crippen molar-refractivity contribution in [3.63, 3.8) is 0 Å². The van der Waals surface area contributed by atoms with Crippen LogP contribution in [0.5, 0.6) is 0 Å². The molecular weight excluding hydrogens is 312 g/mol. The fourth-order valence-corrected chi connectivity index (χ4v) is 5.13. The standard InChI is InChI=1S/C12H18N4O3S2/c1-21(18,19)11-8-20-5-4-16(11)7-9-2-3-14-10(6-9)12(13)15-17/h2-3,6,11,17H,4-5,7-8H2,1H3,(H2,13,15). The lowest BCUT2D eigenvalue weighted by Gasteiger charge is -2.34. The first-order chi connectivity index (χ1) is 9.91. The summed E-state index contributed by atoms with van der Waals surface area (Å²) in [6, 6.07) is 3.51. The van der Waals surface area contributed by atoms with Crippen molar-refractivity contribution in [2.45, 2.75) is 11.9 Å². The largest absolute Gasteiger partial charge is 0.409 e. The van der Waals surface area contributed by atoms with Gasteiger partial charge < -0.3 is 10.9 Å². The molecule has 0 aliphatic carbocycles. The van der Waals surface area contributed by atoms with Gasteiger partial charge in [0, 0.05) is 37.0 Å². The summed E-state index contributed by atoms with van der Waals surface area (Å²) >= 11 is 1.65. The predicted octanol–water partition coefficient (Wildman–Crippen LogP) is 0.0956. The molecule has 116 valence electrons. The van der Waals surface area contributed by atoms with Crippen LogP contribution in [0, 0.1) is 0 Å². The Morgan fingerprint density at radius 2 is 2.43 bits per heavy atom. The summed E-state index contributed by atoms with van der Waals surface area (Å²) in [6.45, 7) is 1.20. The number of pyridine rings is 1. The Bertz CT molecular complexity index is 633. The molecule has 0 saturated carbocycles. The van der Waals surface area contributed by atoms with Gasteiger partial charge in [-0.25, -0.2) is 8.42 Å². The Balaban J connectivity index is 2.20. The predicted molar refractivity (Wildman–Crippen MR) is 83.1 cm³/mol. The van der Waals surface area contributed by atoms with Crippen LogP contribution in [-0.2, 0) is 16.4 Å². The highest BCUT2D eigenvalue weighted by Gasteiger charge is 2.30. The van der Waals surface area contributed by atoms with Gasteiger partial charge in [-0.05, 0) is 17.7 Å². The average molecular weight is 330 g/mol. The molecule has 21 heavy (non-hydrogen) atoms. The Hall–Kier alpha value is -1.32. The fourth-order valence-electron chi connectivity index (χ4n) is 2.19. The molecule has 0 spiro atoms. The second-order valence-electron chi connectivity index (χ2n) is 4.86. The maximum atomic E-state index is 11.9. The molecule has 2 heterocycles. The zero-order chi connectivity index (χ0) is 15.5. The van der Waals surface area contributed by atoms with E-state index in [1.165, 1.54) is 6.26 Å². The minimum absolute atomic E-state index is 0.0642. The minimum Gasteiger partial charge on any atom is -0.409 e. The van der Waals surface area contributed by atoms with Crippen LogP contribution in [0.2, 0.25) is 0 Å². The smallest absolute Gasteiger partial charge is 0.188 e. The van der Waals surface area contributed by atoms with Gasteiger partial charge in [-0.2, -0.15) is 11.8 Å². The second kappa shape index (κ2) is 6.63. The molecule has 1 saturated heterocycles. The normalized spacial score (nSPS) is 21.4. The number of sulfone groups is 1. The Labute approximate surface area is 128 Å². The number of hydrogen-bond donors (Lipinski definition) is 2. The molecule has 7 nitrogen and oxygen atoms in total. The number of oxime groups is 1. The van der Waals surface area contributed by atoms with Crippen molar-refractivity contribution in [2.75, 3.05) is 24.3 Å². The summed E-state index contributed by atoms with van der Waals surface area (Å²) in [5.74, 6) is 1.42. The van der Waals surface area contributed by atoms with Gasteiger partial charge in [0.25, 0.3) is 0 Å². The van der Waals surface area contributed by atoms with E-state index in [0.717, 1.165) is 11.3 Å². The van der Waals surface area contributed by atoms with Gasteiger partial charge in [0.2, 0.25) is 0 Å². The van der Waals surface area contributed by atoms with Crippen molar-refractivity contribution in [2.24, 2.45) is 10.9 Å². The van der Waals surface area contributed by atoms with Gasteiger partial charge in [-0.3, -0.25) is 9.88 Å². The molecule has 1 fully saturated rings. The van der Waals surface area contributed by atoms with Crippen molar-refractivity contribution < 1.29 is 13.6 Å². The maximum Gasteiger partial charge on any atom is 0.188 e. The Morgan fingerprint density at radius 1 is 1.67 bits per heavy atom. The van der Waals surface area contributed by atoms with E-state index in [1.807, 2.05) is 4.90 Å². The number of thioether (sulfide) groups is 1. The quantitative estimate of drug-likeness (QED) is 0.349. The van der Waals surface area contributed by atoms with E-state index >= 15 is 0 Å². The number of hydrogen-bond acceptors (Lipinski definition) is 7. The number of aromatic nitrogens is 1. The molecule has 1 aromatic rings. The van der Waals surface area contributed by atoms with Crippen molar-refractivity contribution >= 4 is 27.4 Å². The third-order valence-corrected chi connectivity index (χ3v) is 5.95. The van der Waals surface area contributed by atoms with E-state index in [1.54, 1.807) is 30.1 Å². The first kappa shape index (κ1) is 16.1. The molecule has 1 aliphatic rings. The van der Waals surface area contributed by atoms with E-state index in [9.17, 15) is 8.42 Å². The molecule has 3 N–H and O–H groups in total. The highest BCUT2D eigenvalue weighted by Crippen LogP contribution is 2.22. The van der Waals surface area contributed by atoms with E-state index in [0.29, 0.717) is 24.5 Å². The number of nitrogens with zero attached hydrogens (tertiary/aromatic N) is 3. The molecule has 0 amide bonds. The molecule has 9 heteroatoms. The van der Waals surface area contributed by atoms with Gasteiger partial charge in [-0.15, -0.1) is 0 Å². The number of rotatable bonds is 4. The second-order valence-corrected chi connectivity index (χ2v) is 8.22. The maximum absolute atomic E-state index is 11.9. The molecule has 1 atom stereocenters. The topological polar surface area (TPSA) is 109 Å². The first-order valence-corrected chi connectivity index (χ1v) is 9.46. The lowest BCUT2D eigenvalue weighted by atomic mass is 10.2. The Morgan fingerprint density at radius 3 is 3.10 bits per heavy atom. The van der Waals surface area contributed by atoms with E-state index in [-0.39, 0.29) is 5.84 Å². The summed E-state index contributed by atoms with van der Waals surface area (Å²) in [4.78, 5) is 5.96. The van der Waals surface area contributed by atoms with Crippen LogP contribution in [0.15, 0.2) is 23.5 Å². The van der Waals surface area contributed by atoms with E-state index < -0.39 is 15.2 Å². The van der Waals surface area contributed by atoms with Crippen LogP contribution in [-0.4, -0.2) is 59.0 Å². The van der Waals surface area contributed by atoms with Crippen LogP contribution in [0.3, 0.4) is 0 Å². The van der Waals surface area contributed by atoms with Crippen LogP contribution in [0.4, 0.5) is 0 Å². The molecule has 0 radical (unpaired) electrons. The fraction of sp³-hybridized carbons (Fsp3) is 0.500. The summed E-state index contributed by atoms with van der Waals surface area (Å²) in [7, 11) is -3.13. The van der Waals surface area contributed by atoms with Crippen LogP contribution >= 0.6 is 11.8 Å². The monoisotopic (exact) mass is 330 g/mol. The summed E-state index contributed by atoms with van der Waals surface area (Å²) < 4.78 is 23.7. The Kier molecular flexibility index (Phi) is 5.07. The van der Waals surface area contributed by atoms with Crippen molar-refractivity contribution in [3.8, 4) is 0 Å². The third kappa shape index (κ3) is 4.08. The molecule has 2 rings (SSSR count). The molecular formula is C12H18N4O3S2. The van der Waals surface area contributed by atoms with Gasteiger partial charge in [0.05, 0.1) is 0 Å². The lowest BCUT2D eigenvalue weighted by Crippen LogP contribution is -2.46. The molecule has 1 aromatic heterocycles. The van der Waals surface area contributed by atoms with Crippen LogP contribution in [0.1, 0.15) is 11.3 Å². The van der Waals surface area contributed by atoms with Crippen molar-refractivity contribution in [1.82, 2.24) is 9.88 Å². The highest BCUT2D eigenvalue weighted by atomic mass is 32.2. The minimum atomic E-state index is -3.13. The molecule has 1 unspecified atom stereocenters. The molecule has 1 aliphatic heterocycles. The van der Waals surface area contributed by atoms with Gasteiger partial charge in [0.1, 0.15) is 11.1 Å². The number of amidine groups is 1. The SMILES string of the molecule is CS(=O)(=O)C1CSCCN1Cc1ccnc(C(N)=NO)c1. The van der Waals surface area contributed by atoms with Crippen molar-refractivity contribution in [3.05, 3.63) is 29.6 Å². The third-order valence-electron chi connectivity index (χ3n) is 3.26. The zero-order valence-electron chi connectivity index (χ0n) is 11.6. The average Bonchev–Trinajstić information content (AvgIpc) is 2.46. The zero-order valence-corrected chi connectivity index (χ0v) is 13.3. The highest BCUT2D eigenvalue weighted by molar-refractivity contribution is 8.00. The summed E-state index contributed by atoms with van der Waals surface area (Å²) in [5, 5.41) is 11.1. The molecule has 0 bridgehead atoms. The van der Waals surface area contributed by atoms with Gasteiger partial charge >= 0.3 is 0 Å². The van der Waals surface area contributed by atoms with Crippen molar-refractivity contribution in [1.29, 1.82) is 0 Å². The molecule has 0 aromatic carbocycles. The lowest BCUT2D eigenvalue weighted by molar-refractivity contribution is 0.262. The van der Waals surface area contributed by atoms with E-state index in [2.05, 4.69) is 10.1 Å². The van der Waals surface area contributed by atoms with Crippen LogP contribution < -0.4 is 5.73 Å². The first-order valence-electron chi connectivity index (χ1n) is 6.35.